The number of hydrogen-bond acceptors (Lipinski definition) is 5. The SMILES string of the molecule is COc1ccc(C)cc1-n1ccc(C(=O)N2CCc3cc(S(=O)(=O)N4CCCCC4)ccc32)n1. The highest BCUT2D eigenvalue weighted by atomic mass is 32.2. The van der Waals surface area contributed by atoms with E-state index in [-0.39, 0.29) is 5.91 Å². The highest BCUT2D eigenvalue weighted by Crippen LogP contribution is 2.33. The highest BCUT2D eigenvalue weighted by molar-refractivity contribution is 7.89. The van der Waals surface area contributed by atoms with Crippen molar-refractivity contribution in [3.8, 4) is 11.4 Å². The van der Waals surface area contributed by atoms with E-state index in [1.807, 2.05) is 25.1 Å². The maximum Gasteiger partial charge on any atom is 0.278 e. The molecule has 9 heteroatoms. The summed E-state index contributed by atoms with van der Waals surface area (Å²) in [5, 5.41) is 4.51. The molecule has 2 aromatic carbocycles. The van der Waals surface area contributed by atoms with Crippen molar-refractivity contribution < 1.29 is 17.9 Å². The summed E-state index contributed by atoms with van der Waals surface area (Å²) in [6.45, 7) is 3.61. The molecule has 0 radical (unpaired) electrons. The van der Waals surface area contributed by atoms with Crippen LogP contribution in [0.1, 0.15) is 40.9 Å². The number of aromatic nitrogens is 2. The third-order valence-electron chi connectivity index (χ3n) is 6.53. The fourth-order valence-electron chi connectivity index (χ4n) is 4.69. The third-order valence-corrected chi connectivity index (χ3v) is 8.43. The molecule has 0 unspecified atom stereocenters. The minimum atomic E-state index is -3.51. The molecule has 0 aliphatic carbocycles. The number of carbonyl (C=O) groups excluding carboxylic acids is 1. The zero-order chi connectivity index (χ0) is 23.9. The van der Waals surface area contributed by atoms with E-state index >= 15 is 0 Å². The predicted octanol–water partition coefficient (Wildman–Crippen LogP) is 3.57. The summed E-state index contributed by atoms with van der Waals surface area (Å²) in [6, 6.07) is 12.6. The van der Waals surface area contributed by atoms with Gasteiger partial charge in [-0.3, -0.25) is 4.79 Å². The smallest absolute Gasteiger partial charge is 0.278 e. The number of benzene rings is 2. The highest BCUT2D eigenvalue weighted by Gasteiger charge is 2.31. The second-order valence-corrected chi connectivity index (χ2v) is 10.7. The molecule has 3 aromatic rings. The van der Waals surface area contributed by atoms with Gasteiger partial charge in [0.15, 0.2) is 5.69 Å². The van der Waals surface area contributed by atoms with Gasteiger partial charge in [0.2, 0.25) is 10.0 Å². The van der Waals surface area contributed by atoms with Crippen molar-refractivity contribution in [3.63, 3.8) is 0 Å². The molecule has 1 fully saturated rings. The van der Waals surface area contributed by atoms with Crippen LogP contribution in [0.3, 0.4) is 0 Å². The van der Waals surface area contributed by atoms with Gasteiger partial charge in [-0.25, -0.2) is 13.1 Å². The van der Waals surface area contributed by atoms with Crippen LogP contribution in [-0.4, -0.2) is 55.2 Å². The Balaban J connectivity index is 1.39. The molecule has 8 nitrogen and oxygen atoms in total. The van der Waals surface area contributed by atoms with Crippen LogP contribution in [0.15, 0.2) is 53.6 Å². The number of amides is 1. The standard InChI is InChI=1S/C25H28N4O4S/c1-18-6-9-24(33-2)23(16-18)29-15-11-21(26-29)25(30)28-14-10-19-17-20(7-8-22(19)28)34(31,32)27-12-4-3-5-13-27/h6-9,11,15-17H,3-5,10,12-14H2,1-2H3. The molecule has 1 amide bonds. The number of sulfonamides is 1. The van der Waals surface area contributed by atoms with Crippen LogP contribution >= 0.6 is 0 Å². The van der Waals surface area contributed by atoms with Crippen molar-refractivity contribution in [2.75, 3.05) is 31.6 Å². The van der Waals surface area contributed by atoms with Gasteiger partial charge in [-0.2, -0.15) is 9.40 Å². The van der Waals surface area contributed by atoms with Crippen LogP contribution in [0.25, 0.3) is 5.69 Å². The molecule has 1 aromatic heterocycles. The van der Waals surface area contributed by atoms with Gasteiger partial charge in [-0.15, -0.1) is 0 Å². The molecule has 0 atom stereocenters. The van der Waals surface area contributed by atoms with E-state index < -0.39 is 10.0 Å². The molecule has 0 spiro atoms. The molecule has 0 bridgehead atoms. The Bertz CT molecular complexity index is 1340. The summed E-state index contributed by atoms with van der Waals surface area (Å²) in [5.41, 5.74) is 3.75. The number of methoxy groups -OCH3 is 1. The van der Waals surface area contributed by atoms with E-state index in [0.717, 1.165) is 41.8 Å². The first-order chi connectivity index (χ1) is 16.4. The van der Waals surface area contributed by atoms with Gasteiger partial charge in [-0.1, -0.05) is 12.5 Å². The number of anilines is 1. The van der Waals surface area contributed by atoms with E-state index in [4.69, 9.17) is 4.74 Å². The van der Waals surface area contributed by atoms with E-state index in [9.17, 15) is 13.2 Å². The van der Waals surface area contributed by atoms with E-state index in [2.05, 4.69) is 5.10 Å². The number of piperidine rings is 1. The lowest BCUT2D eigenvalue weighted by atomic mass is 10.2. The lowest BCUT2D eigenvalue weighted by molar-refractivity contribution is 0.0984. The van der Waals surface area contributed by atoms with E-state index in [1.54, 1.807) is 51.5 Å². The van der Waals surface area contributed by atoms with Crippen LogP contribution in [-0.2, 0) is 16.4 Å². The summed E-state index contributed by atoms with van der Waals surface area (Å²) in [6.07, 6.45) is 5.22. The van der Waals surface area contributed by atoms with Crippen molar-refractivity contribution in [3.05, 3.63) is 65.5 Å². The van der Waals surface area contributed by atoms with Gasteiger partial charge >= 0.3 is 0 Å². The molecule has 0 saturated carbocycles. The van der Waals surface area contributed by atoms with Crippen LogP contribution in [0, 0.1) is 6.92 Å². The molecule has 0 N–H and O–H groups in total. The quantitative estimate of drug-likeness (QED) is 0.557. The number of aryl methyl sites for hydroxylation is 1. The maximum absolute atomic E-state index is 13.3. The molecule has 2 aliphatic rings. The normalized spacial score (nSPS) is 16.5. The molecule has 34 heavy (non-hydrogen) atoms. The Morgan fingerprint density at radius 2 is 1.76 bits per heavy atom. The van der Waals surface area contributed by atoms with Crippen molar-refractivity contribution in [2.24, 2.45) is 0 Å². The zero-order valence-corrected chi connectivity index (χ0v) is 20.2. The van der Waals surface area contributed by atoms with Crippen molar-refractivity contribution in [2.45, 2.75) is 37.5 Å². The Morgan fingerprint density at radius 3 is 2.53 bits per heavy atom. The number of rotatable bonds is 5. The topological polar surface area (TPSA) is 84.7 Å². The second-order valence-electron chi connectivity index (χ2n) is 8.78. The second kappa shape index (κ2) is 8.88. The Morgan fingerprint density at radius 1 is 0.971 bits per heavy atom. The zero-order valence-electron chi connectivity index (χ0n) is 19.4. The summed E-state index contributed by atoms with van der Waals surface area (Å²) in [7, 11) is -1.91. The molecule has 5 rings (SSSR count). The van der Waals surface area contributed by atoms with Gasteiger partial charge in [0.05, 0.1) is 12.0 Å². The van der Waals surface area contributed by atoms with Gasteiger partial charge < -0.3 is 9.64 Å². The summed E-state index contributed by atoms with van der Waals surface area (Å²) >= 11 is 0. The van der Waals surface area contributed by atoms with Gasteiger partial charge in [0.1, 0.15) is 11.4 Å². The van der Waals surface area contributed by atoms with Gasteiger partial charge in [0.25, 0.3) is 5.91 Å². The number of nitrogens with zero attached hydrogens (tertiary/aromatic N) is 4. The fourth-order valence-corrected chi connectivity index (χ4v) is 6.26. The summed E-state index contributed by atoms with van der Waals surface area (Å²) in [4.78, 5) is 15.3. The monoisotopic (exact) mass is 480 g/mol. The summed E-state index contributed by atoms with van der Waals surface area (Å²) < 4.78 is 34.8. The number of ether oxygens (including phenoxy) is 1. The largest absolute Gasteiger partial charge is 0.494 e. The lowest BCUT2D eigenvalue weighted by Crippen LogP contribution is -2.35. The molecule has 2 aliphatic heterocycles. The first kappa shape index (κ1) is 22.6. The third kappa shape index (κ3) is 3.99. The summed E-state index contributed by atoms with van der Waals surface area (Å²) in [5.74, 6) is 0.456. The molecule has 1 saturated heterocycles. The minimum Gasteiger partial charge on any atom is -0.494 e. The van der Waals surface area contributed by atoms with Crippen molar-refractivity contribution >= 4 is 21.6 Å². The van der Waals surface area contributed by atoms with Crippen molar-refractivity contribution in [1.29, 1.82) is 0 Å². The Hall–Kier alpha value is -3.17. The average Bonchev–Trinajstić information content (AvgIpc) is 3.51. The van der Waals surface area contributed by atoms with Gasteiger partial charge in [-0.05, 0) is 73.7 Å². The fraction of sp³-hybridized carbons (Fsp3) is 0.360. The number of fused-ring (bicyclic) bond motifs is 1. The maximum atomic E-state index is 13.3. The van der Waals surface area contributed by atoms with Crippen LogP contribution < -0.4 is 9.64 Å². The average molecular weight is 481 g/mol. The Kier molecular flexibility index (Phi) is 5.91. The first-order valence-corrected chi connectivity index (χ1v) is 13.0. The van der Waals surface area contributed by atoms with E-state index in [0.29, 0.717) is 42.4 Å². The van der Waals surface area contributed by atoms with Crippen LogP contribution in [0.4, 0.5) is 5.69 Å². The Labute approximate surface area is 199 Å². The van der Waals surface area contributed by atoms with E-state index in [1.165, 1.54) is 0 Å². The molecule has 3 heterocycles. The lowest BCUT2D eigenvalue weighted by Gasteiger charge is -2.26. The number of carbonyl (C=O) groups is 1. The predicted molar refractivity (Wildman–Crippen MR) is 129 cm³/mol. The van der Waals surface area contributed by atoms with Crippen LogP contribution in [0.2, 0.25) is 0 Å². The molecular weight excluding hydrogens is 452 g/mol. The van der Waals surface area contributed by atoms with Crippen molar-refractivity contribution in [1.82, 2.24) is 14.1 Å². The first-order valence-electron chi connectivity index (χ1n) is 11.5. The van der Waals surface area contributed by atoms with Gasteiger partial charge in [0, 0.05) is 31.5 Å². The number of hydrogen-bond donors (Lipinski definition) is 0. The minimum absolute atomic E-state index is 0.212. The molecular formula is C25H28N4O4S. The molecule has 178 valence electrons. The van der Waals surface area contributed by atoms with Crippen LogP contribution in [0.5, 0.6) is 5.75 Å².